The Balaban J connectivity index is 0.00000288. The zero-order valence-corrected chi connectivity index (χ0v) is 16.7. The van der Waals surface area contributed by atoms with Crippen LogP contribution in [0.15, 0.2) is 29.3 Å². The molecule has 1 aromatic rings. The first kappa shape index (κ1) is 20.6. The van der Waals surface area contributed by atoms with Crippen molar-refractivity contribution in [3.63, 3.8) is 0 Å². The molecule has 132 valence electrons. The normalized spacial score (nSPS) is 16.0. The van der Waals surface area contributed by atoms with Gasteiger partial charge in [-0.2, -0.15) is 0 Å². The third-order valence-electron chi connectivity index (χ3n) is 4.13. The molecule has 0 radical (unpaired) electrons. The van der Waals surface area contributed by atoms with Gasteiger partial charge in [0.05, 0.1) is 19.7 Å². The molecule has 1 unspecified atom stereocenters. The number of aliphatic imine (C=N–C) groups is 1. The number of benzene rings is 1. The van der Waals surface area contributed by atoms with Gasteiger partial charge in [-0.05, 0) is 43.6 Å². The molecule has 5 nitrogen and oxygen atoms in total. The Hall–Kier alpha value is -1.46. The number of halogens is 1. The molecule has 6 heteroatoms. The average molecular weight is 442 g/mol. The second kappa shape index (κ2) is 11.2. The smallest absolute Gasteiger partial charge is 0.191 e. The van der Waals surface area contributed by atoms with E-state index in [2.05, 4.69) is 38.6 Å². The van der Waals surface area contributed by atoms with E-state index in [1.54, 1.807) is 14.2 Å². The highest BCUT2D eigenvalue weighted by atomic mass is 127. The molecule has 0 aromatic heterocycles. The Morgan fingerprint density at radius 2 is 1.96 bits per heavy atom. The van der Waals surface area contributed by atoms with E-state index in [0.717, 1.165) is 31.3 Å². The van der Waals surface area contributed by atoms with Gasteiger partial charge in [-0.15, -0.1) is 30.4 Å². The van der Waals surface area contributed by atoms with Gasteiger partial charge in [-0.25, -0.2) is 0 Å². The summed E-state index contributed by atoms with van der Waals surface area (Å²) in [7, 11) is 3.44. The summed E-state index contributed by atoms with van der Waals surface area (Å²) < 4.78 is 5.26. The number of guanidine groups is 1. The van der Waals surface area contributed by atoms with Crippen LogP contribution in [0.25, 0.3) is 0 Å². The summed E-state index contributed by atoms with van der Waals surface area (Å²) in [5.74, 6) is 4.18. The van der Waals surface area contributed by atoms with Crippen LogP contribution in [0.4, 0.5) is 0 Å². The van der Waals surface area contributed by atoms with Gasteiger partial charge in [0.15, 0.2) is 5.96 Å². The highest BCUT2D eigenvalue weighted by molar-refractivity contribution is 14.0. The van der Waals surface area contributed by atoms with Crippen molar-refractivity contribution < 1.29 is 4.74 Å². The van der Waals surface area contributed by atoms with Crippen LogP contribution in [0.5, 0.6) is 5.75 Å². The Bertz CT molecular complexity index is 547. The molecule has 1 saturated heterocycles. The molecule has 0 saturated carbocycles. The topological polar surface area (TPSA) is 48.9 Å². The number of hydrogen-bond acceptors (Lipinski definition) is 3. The minimum atomic E-state index is 0. The Morgan fingerprint density at radius 1 is 1.29 bits per heavy atom. The van der Waals surface area contributed by atoms with Crippen molar-refractivity contribution in [3.8, 4) is 18.1 Å². The molecule has 1 fully saturated rings. The van der Waals surface area contributed by atoms with Gasteiger partial charge in [0.25, 0.3) is 0 Å². The fourth-order valence-electron chi connectivity index (χ4n) is 2.89. The SMILES string of the molecule is C#CCNC(=NC)NCC(c1ccc(OC)cc1)N1CCCC1.I. The van der Waals surface area contributed by atoms with Crippen molar-refractivity contribution in [2.45, 2.75) is 18.9 Å². The first-order chi connectivity index (χ1) is 11.3. The second-order valence-electron chi connectivity index (χ2n) is 5.54. The molecule has 24 heavy (non-hydrogen) atoms. The van der Waals surface area contributed by atoms with E-state index in [1.165, 1.54) is 18.4 Å². The number of methoxy groups -OCH3 is 1. The van der Waals surface area contributed by atoms with Gasteiger partial charge in [0.2, 0.25) is 0 Å². The third-order valence-corrected chi connectivity index (χ3v) is 4.13. The molecule has 0 spiro atoms. The summed E-state index contributed by atoms with van der Waals surface area (Å²) in [5, 5.41) is 6.48. The summed E-state index contributed by atoms with van der Waals surface area (Å²) in [6, 6.07) is 8.63. The fourth-order valence-corrected chi connectivity index (χ4v) is 2.89. The number of terminal acetylenes is 1. The number of likely N-dealkylation sites (tertiary alicyclic amines) is 1. The van der Waals surface area contributed by atoms with Crippen LogP contribution in [0.2, 0.25) is 0 Å². The van der Waals surface area contributed by atoms with E-state index in [4.69, 9.17) is 11.2 Å². The lowest BCUT2D eigenvalue weighted by atomic mass is 10.1. The highest BCUT2D eigenvalue weighted by Crippen LogP contribution is 2.26. The fraction of sp³-hybridized carbons (Fsp3) is 0.500. The number of nitrogens with zero attached hydrogens (tertiary/aromatic N) is 2. The summed E-state index contributed by atoms with van der Waals surface area (Å²) in [6.07, 6.45) is 7.81. The van der Waals surface area contributed by atoms with Crippen molar-refractivity contribution in [1.29, 1.82) is 0 Å². The van der Waals surface area contributed by atoms with Gasteiger partial charge in [-0.3, -0.25) is 9.89 Å². The third kappa shape index (κ3) is 5.87. The number of hydrogen-bond donors (Lipinski definition) is 2. The molecular formula is C18H27IN4O. The van der Waals surface area contributed by atoms with Crippen LogP contribution in [0.1, 0.15) is 24.4 Å². The van der Waals surface area contributed by atoms with Crippen molar-refractivity contribution >= 4 is 29.9 Å². The van der Waals surface area contributed by atoms with Gasteiger partial charge in [0, 0.05) is 13.6 Å². The van der Waals surface area contributed by atoms with Crippen molar-refractivity contribution in [2.75, 3.05) is 40.3 Å². The highest BCUT2D eigenvalue weighted by Gasteiger charge is 2.23. The zero-order chi connectivity index (χ0) is 16.5. The van der Waals surface area contributed by atoms with Crippen LogP contribution >= 0.6 is 24.0 Å². The molecular weight excluding hydrogens is 415 g/mol. The van der Waals surface area contributed by atoms with Gasteiger partial charge in [-0.1, -0.05) is 18.1 Å². The second-order valence-corrected chi connectivity index (χ2v) is 5.54. The van der Waals surface area contributed by atoms with Crippen molar-refractivity contribution in [3.05, 3.63) is 29.8 Å². The van der Waals surface area contributed by atoms with Crippen LogP contribution in [-0.2, 0) is 0 Å². The molecule has 1 heterocycles. The molecule has 1 aliphatic rings. The average Bonchev–Trinajstić information content (AvgIpc) is 3.12. The van der Waals surface area contributed by atoms with E-state index >= 15 is 0 Å². The standard InChI is InChI=1S/C18H26N4O.HI/c1-4-11-20-18(19-2)21-14-17(22-12-5-6-13-22)15-7-9-16(23-3)10-8-15;/h1,7-10,17H,5-6,11-14H2,2-3H3,(H2,19,20,21);1H. The van der Waals surface area contributed by atoms with Crippen LogP contribution in [0, 0.1) is 12.3 Å². The maximum atomic E-state index is 5.29. The summed E-state index contributed by atoms with van der Waals surface area (Å²) in [6.45, 7) is 3.52. The van der Waals surface area contributed by atoms with Gasteiger partial charge in [0.1, 0.15) is 5.75 Å². The van der Waals surface area contributed by atoms with E-state index in [9.17, 15) is 0 Å². The van der Waals surface area contributed by atoms with Crippen molar-refractivity contribution in [1.82, 2.24) is 15.5 Å². The van der Waals surface area contributed by atoms with Crippen molar-refractivity contribution in [2.24, 2.45) is 4.99 Å². The summed E-state index contributed by atoms with van der Waals surface area (Å²) in [4.78, 5) is 6.72. The Morgan fingerprint density at radius 3 is 2.50 bits per heavy atom. The number of rotatable bonds is 6. The molecule has 1 aliphatic heterocycles. The quantitative estimate of drug-likeness (QED) is 0.307. The Kier molecular flexibility index (Phi) is 9.57. The molecule has 2 rings (SSSR count). The van der Waals surface area contributed by atoms with Gasteiger partial charge < -0.3 is 15.4 Å². The summed E-state index contributed by atoms with van der Waals surface area (Å²) in [5.41, 5.74) is 1.28. The predicted molar refractivity (Wildman–Crippen MR) is 110 cm³/mol. The van der Waals surface area contributed by atoms with E-state index < -0.39 is 0 Å². The van der Waals surface area contributed by atoms with Crippen LogP contribution in [-0.4, -0.2) is 51.2 Å². The minimum Gasteiger partial charge on any atom is -0.497 e. The van der Waals surface area contributed by atoms with Crippen LogP contribution < -0.4 is 15.4 Å². The molecule has 1 atom stereocenters. The van der Waals surface area contributed by atoms with Crippen LogP contribution in [0.3, 0.4) is 0 Å². The predicted octanol–water partition coefficient (Wildman–Crippen LogP) is 2.25. The molecule has 2 N–H and O–H groups in total. The lowest BCUT2D eigenvalue weighted by molar-refractivity contribution is 0.245. The number of ether oxygens (including phenoxy) is 1. The number of nitrogens with one attached hydrogen (secondary N) is 2. The first-order valence-electron chi connectivity index (χ1n) is 8.04. The lowest BCUT2D eigenvalue weighted by Crippen LogP contribution is -2.42. The maximum absolute atomic E-state index is 5.29. The van der Waals surface area contributed by atoms with E-state index in [1.807, 2.05) is 12.1 Å². The monoisotopic (exact) mass is 442 g/mol. The molecule has 0 amide bonds. The maximum Gasteiger partial charge on any atom is 0.191 e. The van der Waals surface area contributed by atoms with E-state index in [0.29, 0.717) is 12.6 Å². The van der Waals surface area contributed by atoms with Gasteiger partial charge >= 0.3 is 0 Å². The lowest BCUT2D eigenvalue weighted by Gasteiger charge is -2.29. The van der Waals surface area contributed by atoms with E-state index in [-0.39, 0.29) is 24.0 Å². The summed E-state index contributed by atoms with van der Waals surface area (Å²) >= 11 is 0. The largest absolute Gasteiger partial charge is 0.497 e. The molecule has 0 bridgehead atoms. The molecule has 0 aliphatic carbocycles. The minimum absolute atomic E-state index is 0. The zero-order valence-electron chi connectivity index (χ0n) is 14.4. The first-order valence-corrected chi connectivity index (χ1v) is 8.04. The molecule has 1 aromatic carbocycles. The Labute approximate surface area is 162 Å².